The predicted molar refractivity (Wildman–Crippen MR) is 124 cm³/mol. The van der Waals surface area contributed by atoms with Crippen molar-refractivity contribution in [2.75, 3.05) is 26.2 Å². The Labute approximate surface area is 180 Å². The van der Waals surface area contributed by atoms with E-state index in [9.17, 15) is 0 Å². The van der Waals surface area contributed by atoms with E-state index in [1.54, 1.807) is 6.26 Å². The summed E-state index contributed by atoms with van der Waals surface area (Å²) < 4.78 is 5.36. The van der Waals surface area contributed by atoms with Crippen LogP contribution in [0.2, 0.25) is 0 Å². The molecule has 1 aromatic carbocycles. The Morgan fingerprint density at radius 3 is 2.48 bits per heavy atom. The lowest BCUT2D eigenvalue weighted by atomic mass is 10.1. The normalized spacial score (nSPS) is 11.3. The second-order valence-corrected chi connectivity index (χ2v) is 6.23. The summed E-state index contributed by atoms with van der Waals surface area (Å²) in [6, 6.07) is 12.6. The maximum Gasteiger partial charge on any atom is 0.191 e. The smallest absolute Gasteiger partial charge is 0.191 e. The summed E-state index contributed by atoms with van der Waals surface area (Å²) >= 11 is 0. The van der Waals surface area contributed by atoms with Gasteiger partial charge in [0, 0.05) is 26.1 Å². The number of aliphatic imine (C=N–C) groups is 1. The van der Waals surface area contributed by atoms with Crippen LogP contribution in [0.3, 0.4) is 0 Å². The number of nitrogens with one attached hydrogen (secondary N) is 2. The lowest BCUT2D eigenvalue weighted by Gasteiger charge is -2.18. The van der Waals surface area contributed by atoms with Crippen molar-refractivity contribution < 1.29 is 4.42 Å². The highest BCUT2D eigenvalue weighted by Crippen LogP contribution is 2.09. The molecular formula is C21H33IN4O. The molecule has 0 saturated carbocycles. The highest BCUT2D eigenvalue weighted by Gasteiger charge is 2.03. The van der Waals surface area contributed by atoms with Crippen molar-refractivity contribution in [2.45, 2.75) is 40.3 Å². The molecule has 0 unspecified atom stereocenters. The molecule has 0 saturated heterocycles. The highest BCUT2D eigenvalue weighted by atomic mass is 127. The lowest BCUT2D eigenvalue weighted by Crippen LogP contribution is -2.38. The van der Waals surface area contributed by atoms with Gasteiger partial charge in [-0.25, -0.2) is 4.99 Å². The van der Waals surface area contributed by atoms with Crippen molar-refractivity contribution in [2.24, 2.45) is 4.99 Å². The van der Waals surface area contributed by atoms with Crippen molar-refractivity contribution in [3.05, 3.63) is 59.5 Å². The Bertz CT molecular complexity index is 654. The lowest BCUT2D eigenvalue weighted by molar-refractivity contribution is 0.296. The van der Waals surface area contributed by atoms with E-state index in [1.165, 1.54) is 11.1 Å². The number of guanidine groups is 1. The summed E-state index contributed by atoms with van der Waals surface area (Å²) in [5, 5.41) is 6.66. The molecule has 0 radical (unpaired) electrons. The quantitative estimate of drug-likeness (QED) is 0.304. The van der Waals surface area contributed by atoms with Gasteiger partial charge in [0.05, 0.1) is 12.8 Å². The van der Waals surface area contributed by atoms with Crippen molar-refractivity contribution in [3.8, 4) is 0 Å². The van der Waals surface area contributed by atoms with E-state index in [2.05, 4.69) is 60.6 Å². The standard InChI is InChI=1S/C21H32N4O.HI/c1-4-22-21(23-13-12-20-11-8-14-26-20)24-16-18-9-7-10-19(15-18)17-25(5-2)6-3;/h7-11,14-15H,4-6,12-13,16-17H2,1-3H3,(H2,22,23,24);1H. The summed E-state index contributed by atoms with van der Waals surface area (Å²) in [6.45, 7) is 11.9. The topological polar surface area (TPSA) is 52.8 Å². The number of benzene rings is 1. The minimum atomic E-state index is 0. The second-order valence-electron chi connectivity index (χ2n) is 6.23. The Kier molecular flexibility index (Phi) is 11.8. The van der Waals surface area contributed by atoms with Gasteiger partial charge in [-0.15, -0.1) is 24.0 Å². The molecule has 0 aliphatic carbocycles. The maximum atomic E-state index is 5.36. The van der Waals surface area contributed by atoms with Crippen molar-refractivity contribution in [1.29, 1.82) is 0 Å². The SMILES string of the molecule is CCNC(=NCc1cccc(CN(CC)CC)c1)NCCc1ccco1.I. The Balaban J connectivity index is 0.00000364. The van der Waals surface area contributed by atoms with E-state index in [0.29, 0.717) is 6.54 Å². The molecule has 0 bridgehead atoms. The molecule has 2 N–H and O–H groups in total. The average Bonchev–Trinajstić information content (AvgIpc) is 3.18. The Hall–Kier alpha value is -1.54. The van der Waals surface area contributed by atoms with Gasteiger partial charge < -0.3 is 15.1 Å². The molecule has 5 nitrogen and oxygen atoms in total. The zero-order chi connectivity index (χ0) is 18.6. The summed E-state index contributed by atoms with van der Waals surface area (Å²) in [6.07, 6.45) is 2.55. The molecule has 0 fully saturated rings. The molecule has 0 aliphatic rings. The van der Waals surface area contributed by atoms with Gasteiger partial charge in [0.25, 0.3) is 0 Å². The molecule has 1 heterocycles. The first-order valence-corrected chi connectivity index (χ1v) is 9.59. The van der Waals surface area contributed by atoms with Gasteiger partial charge in [0.2, 0.25) is 0 Å². The molecule has 150 valence electrons. The van der Waals surface area contributed by atoms with Crippen LogP contribution in [0, 0.1) is 0 Å². The fourth-order valence-electron chi connectivity index (χ4n) is 2.80. The molecule has 2 rings (SSSR count). The van der Waals surface area contributed by atoms with E-state index >= 15 is 0 Å². The molecule has 27 heavy (non-hydrogen) atoms. The average molecular weight is 484 g/mol. The summed E-state index contributed by atoms with van der Waals surface area (Å²) in [5.41, 5.74) is 2.58. The number of furan rings is 1. The molecule has 0 spiro atoms. The van der Waals surface area contributed by atoms with Crippen molar-refractivity contribution in [1.82, 2.24) is 15.5 Å². The largest absolute Gasteiger partial charge is 0.469 e. The summed E-state index contributed by atoms with van der Waals surface area (Å²) in [7, 11) is 0. The molecule has 0 aliphatic heterocycles. The van der Waals surface area contributed by atoms with Crippen molar-refractivity contribution >= 4 is 29.9 Å². The van der Waals surface area contributed by atoms with Crippen LogP contribution >= 0.6 is 24.0 Å². The van der Waals surface area contributed by atoms with E-state index in [4.69, 9.17) is 9.41 Å². The van der Waals surface area contributed by atoms with Crippen molar-refractivity contribution in [3.63, 3.8) is 0 Å². The van der Waals surface area contributed by atoms with Gasteiger partial charge in [-0.3, -0.25) is 4.90 Å². The minimum Gasteiger partial charge on any atom is -0.469 e. The van der Waals surface area contributed by atoms with Crippen LogP contribution in [0.1, 0.15) is 37.7 Å². The van der Waals surface area contributed by atoms with Crippen LogP contribution < -0.4 is 10.6 Å². The molecule has 0 atom stereocenters. The molecular weight excluding hydrogens is 451 g/mol. The molecule has 6 heteroatoms. The van der Waals surface area contributed by atoms with Gasteiger partial charge in [0.15, 0.2) is 5.96 Å². The van der Waals surface area contributed by atoms with E-state index in [0.717, 1.165) is 50.9 Å². The Morgan fingerprint density at radius 2 is 1.81 bits per heavy atom. The van der Waals surface area contributed by atoms with Gasteiger partial charge in [-0.2, -0.15) is 0 Å². The van der Waals surface area contributed by atoms with E-state index in [-0.39, 0.29) is 24.0 Å². The number of nitrogens with zero attached hydrogens (tertiary/aromatic N) is 2. The monoisotopic (exact) mass is 484 g/mol. The van der Waals surface area contributed by atoms with Crippen LogP contribution in [-0.2, 0) is 19.5 Å². The van der Waals surface area contributed by atoms with Gasteiger partial charge >= 0.3 is 0 Å². The number of hydrogen-bond acceptors (Lipinski definition) is 3. The minimum absolute atomic E-state index is 0. The van der Waals surface area contributed by atoms with E-state index in [1.807, 2.05) is 12.1 Å². The maximum absolute atomic E-state index is 5.36. The van der Waals surface area contributed by atoms with Crippen LogP contribution in [0.25, 0.3) is 0 Å². The highest BCUT2D eigenvalue weighted by molar-refractivity contribution is 14.0. The first-order valence-electron chi connectivity index (χ1n) is 9.59. The first-order chi connectivity index (χ1) is 12.7. The fraction of sp³-hybridized carbons (Fsp3) is 0.476. The van der Waals surface area contributed by atoms with Crippen LogP contribution in [0.15, 0.2) is 52.1 Å². The first kappa shape index (κ1) is 23.5. The molecule has 1 aromatic heterocycles. The van der Waals surface area contributed by atoms with Gasteiger partial charge in [0.1, 0.15) is 5.76 Å². The summed E-state index contributed by atoms with van der Waals surface area (Å²) in [5.74, 6) is 1.82. The molecule has 2 aromatic rings. The third kappa shape index (κ3) is 8.79. The zero-order valence-electron chi connectivity index (χ0n) is 16.7. The molecule has 0 amide bonds. The fourth-order valence-corrected chi connectivity index (χ4v) is 2.80. The third-order valence-electron chi connectivity index (χ3n) is 4.30. The van der Waals surface area contributed by atoms with Gasteiger partial charge in [-0.05, 0) is 43.3 Å². The van der Waals surface area contributed by atoms with Crippen LogP contribution in [0.5, 0.6) is 0 Å². The number of hydrogen-bond donors (Lipinski definition) is 2. The zero-order valence-corrected chi connectivity index (χ0v) is 19.0. The van der Waals surface area contributed by atoms with Gasteiger partial charge in [-0.1, -0.05) is 38.1 Å². The predicted octanol–water partition coefficient (Wildman–Crippen LogP) is 4.04. The number of halogens is 1. The van der Waals surface area contributed by atoms with Crippen LogP contribution in [-0.4, -0.2) is 37.0 Å². The Morgan fingerprint density at radius 1 is 1.04 bits per heavy atom. The number of rotatable bonds is 10. The summed E-state index contributed by atoms with van der Waals surface area (Å²) in [4.78, 5) is 7.13. The third-order valence-corrected chi connectivity index (χ3v) is 4.30. The van der Waals surface area contributed by atoms with E-state index < -0.39 is 0 Å². The van der Waals surface area contributed by atoms with Crippen LogP contribution in [0.4, 0.5) is 0 Å². The second kappa shape index (κ2) is 13.6.